The van der Waals surface area contributed by atoms with Gasteiger partial charge in [0.15, 0.2) is 23.2 Å². The zero-order valence-electron chi connectivity index (χ0n) is 16.4. The van der Waals surface area contributed by atoms with Gasteiger partial charge >= 0.3 is 5.97 Å². The van der Waals surface area contributed by atoms with Gasteiger partial charge < -0.3 is 14.8 Å². The number of benzene rings is 1. The molecule has 2 N–H and O–H groups in total. The van der Waals surface area contributed by atoms with Gasteiger partial charge in [-0.1, -0.05) is 11.6 Å². The molecule has 0 fully saturated rings. The predicted octanol–water partition coefficient (Wildman–Crippen LogP) is 4.29. The van der Waals surface area contributed by atoms with E-state index in [9.17, 15) is 18.0 Å². The summed E-state index contributed by atoms with van der Waals surface area (Å²) < 4.78 is 54.0. The molecule has 1 aliphatic carbocycles. The molecule has 0 radical (unpaired) electrons. The third-order valence-corrected chi connectivity index (χ3v) is 4.45. The molecule has 31 heavy (non-hydrogen) atoms. The average Bonchev–Trinajstić information content (AvgIpc) is 3.36. The number of aromatic nitrogens is 4. The van der Waals surface area contributed by atoms with Crippen LogP contribution < -0.4 is 10.1 Å². The zero-order chi connectivity index (χ0) is 22.1. The van der Waals surface area contributed by atoms with Gasteiger partial charge in [-0.25, -0.2) is 18.6 Å². The third kappa shape index (κ3) is 3.93. The van der Waals surface area contributed by atoms with Crippen molar-refractivity contribution in [3.05, 3.63) is 58.3 Å². The van der Waals surface area contributed by atoms with Gasteiger partial charge in [0, 0.05) is 23.3 Å². The number of carbonyl (C=O) groups excluding carboxylic acids is 1. The summed E-state index contributed by atoms with van der Waals surface area (Å²) in [5.74, 6) is -4.55. The van der Waals surface area contributed by atoms with E-state index in [1.165, 1.54) is 12.1 Å². The van der Waals surface area contributed by atoms with E-state index in [1.807, 2.05) is 0 Å². The van der Waals surface area contributed by atoms with Crippen molar-refractivity contribution in [3.63, 3.8) is 0 Å². The van der Waals surface area contributed by atoms with Crippen LogP contribution in [0.5, 0.6) is 11.6 Å². The second kappa shape index (κ2) is 8.09. The van der Waals surface area contributed by atoms with Gasteiger partial charge in [0.1, 0.15) is 17.8 Å². The lowest BCUT2D eigenvalue weighted by molar-refractivity contribution is 0.0519. The number of H-pyrrole nitrogens is 1. The van der Waals surface area contributed by atoms with Gasteiger partial charge in [-0.15, -0.1) is 0 Å². The minimum absolute atomic E-state index is 0.0503. The summed E-state index contributed by atoms with van der Waals surface area (Å²) in [5.41, 5.74) is 1.15. The van der Waals surface area contributed by atoms with Crippen molar-refractivity contribution in [1.29, 1.82) is 0 Å². The topological polar surface area (TPSA) is 102 Å². The van der Waals surface area contributed by atoms with Crippen LogP contribution in [-0.2, 0) is 11.2 Å². The van der Waals surface area contributed by atoms with E-state index in [0.29, 0.717) is 6.42 Å². The Morgan fingerprint density at radius 1 is 1.23 bits per heavy atom. The van der Waals surface area contributed by atoms with E-state index < -0.39 is 35.1 Å². The van der Waals surface area contributed by atoms with Crippen LogP contribution in [0.15, 0.2) is 24.0 Å². The summed E-state index contributed by atoms with van der Waals surface area (Å²) in [6, 6.07) is 2.15. The number of nitrogens with zero attached hydrogens (tertiary/aromatic N) is 3. The van der Waals surface area contributed by atoms with Crippen LogP contribution in [0, 0.1) is 17.5 Å². The number of anilines is 2. The van der Waals surface area contributed by atoms with Gasteiger partial charge in [0.25, 0.3) is 5.88 Å². The summed E-state index contributed by atoms with van der Waals surface area (Å²) in [7, 11) is 0. The first kappa shape index (κ1) is 20.4. The summed E-state index contributed by atoms with van der Waals surface area (Å²) in [5, 5.41) is 8.82. The highest BCUT2D eigenvalue weighted by atomic mass is 19.1. The maximum Gasteiger partial charge on any atom is 0.356 e. The molecule has 8 nitrogen and oxygen atoms in total. The maximum atomic E-state index is 14.8. The number of nitrogens with one attached hydrogen (secondary N) is 2. The fourth-order valence-corrected chi connectivity index (χ4v) is 3.08. The van der Waals surface area contributed by atoms with Gasteiger partial charge in [-0.3, -0.25) is 5.10 Å². The molecular weight excluding hydrogens is 415 g/mol. The van der Waals surface area contributed by atoms with Crippen LogP contribution in [-0.4, -0.2) is 32.7 Å². The Balaban J connectivity index is 1.59. The Hall–Kier alpha value is -3.89. The second-order valence-corrected chi connectivity index (χ2v) is 6.69. The molecule has 2 heterocycles. The summed E-state index contributed by atoms with van der Waals surface area (Å²) in [4.78, 5) is 19.1. The molecule has 0 saturated heterocycles. The first-order valence-electron chi connectivity index (χ1n) is 9.23. The Morgan fingerprint density at radius 3 is 2.81 bits per heavy atom. The monoisotopic (exact) mass is 431 g/mol. The quantitative estimate of drug-likeness (QED) is 0.562. The van der Waals surface area contributed by atoms with Crippen molar-refractivity contribution in [1.82, 2.24) is 20.2 Å². The largest absolute Gasteiger partial charge is 0.461 e. The molecule has 0 unspecified atom stereocenters. The fourth-order valence-electron chi connectivity index (χ4n) is 3.08. The average molecular weight is 431 g/mol. The molecule has 0 amide bonds. The van der Waals surface area contributed by atoms with Gasteiger partial charge in [0.05, 0.1) is 6.61 Å². The molecule has 0 bridgehead atoms. The van der Waals surface area contributed by atoms with Gasteiger partial charge in [-0.05, 0) is 20.3 Å². The Bertz CT molecular complexity index is 1210. The van der Waals surface area contributed by atoms with E-state index in [2.05, 4.69) is 25.5 Å². The number of esters is 1. The van der Waals surface area contributed by atoms with E-state index >= 15 is 0 Å². The molecule has 0 spiro atoms. The molecule has 3 aromatic rings. The van der Waals surface area contributed by atoms with E-state index in [4.69, 9.17) is 9.47 Å². The number of halogens is 3. The predicted molar refractivity (Wildman–Crippen MR) is 104 cm³/mol. The number of fused-ring (bicyclic) bond motifs is 1. The van der Waals surface area contributed by atoms with Crippen molar-refractivity contribution < 1.29 is 27.4 Å². The maximum absolute atomic E-state index is 14.8. The second-order valence-electron chi connectivity index (χ2n) is 6.69. The van der Waals surface area contributed by atoms with Crippen LogP contribution in [0.3, 0.4) is 0 Å². The van der Waals surface area contributed by atoms with Crippen LogP contribution in [0.25, 0.3) is 6.08 Å². The van der Waals surface area contributed by atoms with E-state index in [-0.39, 0.29) is 35.1 Å². The Labute approximate surface area is 174 Å². The zero-order valence-corrected chi connectivity index (χ0v) is 16.4. The van der Waals surface area contributed by atoms with Crippen LogP contribution in [0.1, 0.15) is 35.5 Å². The number of hydrogen-bond acceptors (Lipinski definition) is 7. The lowest BCUT2D eigenvalue weighted by Gasteiger charge is -2.11. The first-order chi connectivity index (χ1) is 14.9. The highest BCUT2D eigenvalue weighted by molar-refractivity contribution is 5.88. The Kier molecular flexibility index (Phi) is 5.32. The SMILES string of the molecule is CCOC(=O)c1cc(Nc2ncnc(Oc3cc(F)c4c(c3F)C=C(C)C4)c2F)n[nH]1. The van der Waals surface area contributed by atoms with Crippen molar-refractivity contribution in [2.45, 2.75) is 20.3 Å². The molecular formula is C20H16F3N5O3. The molecule has 1 aliphatic rings. The number of aromatic amines is 1. The van der Waals surface area contributed by atoms with Crippen molar-refractivity contribution in [3.8, 4) is 11.6 Å². The highest BCUT2D eigenvalue weighted by Crippen LogP contribution is 2.36. The molecule has 1 aromatic carbocycles. The van der Waals surface area contributed by atoms with E-state index in [1.54, 1.807) is 13.8 Å². The molecule has 4 rings (SSSR count). The minimum atomic E-state index is -1.06. The molecule has 0 saturated carbocycles. The van der Waals surface area contributed by atoms with Crippen molar-refractivity contribution in [2.24, 2.45) is 0 Å². The van der Waals surface area contributed by atoms with Crippen LogP contribution in [0.4, 0.5) is 24.8 Å². The summed E-state index contributed by atoms with van der Waals surface area (Å²) in [6.45, 7) is 3.58. The first-order valence-corrected chi connectivity index (χ1v) is 9.23. The standard InChI is InChI=1S/C20H16F3N5O3/c1-3-30-20(29)13-7-15(28-27-13)26-18-17(23)19(25-8-24-18)31-14-6-12(21)10-4-9(2)5-11(10)16(14)22/h5-8H,3-4H2,1-2H3,(H2,24,25,26,27,28). The molecule has 0 atom stereocenters. The number of hydrogen-bond donors (Lipinski definition) is 2. The van der Waals surface area contributed by atoms with Crippen LogP contribution >= 0.6 is 0 Å². The molecule has 160 valence electrons. The third-order valence-electron chi connectivity index (χ3n) is 4.45. The fraction of sp³-hybridized carbons (Fsp3) is 0.200. The molecule has 11 heteroatoms. The number of rotatable bonds is 6. The molecule has 2 aromatic heterocycles. The van der Waals surface area contributed by atoms with Crippen molar-refractivity contribution in [2.75, 3.05) is 11.9 Å². The number of allylic oxidation sites excluding steroid dienone is 1. The summed E-state index contributed by atoms with van der Waals surface area (Å²) in [6.07, 6.45) is 2.79. The Morgan fingerprint density at radius 2 is 2.03 bits per heavy atom. The number of carbonyl (C=O) groups is 1. The normalized spacial score (nSPS) is 12.4. The number of ether oxygens (including phenoxy) is 2. The van der Waals surface area contributed by atoms with Gasteiger partial charge in [0.2, 0.25) is 5.82 Å². The van der Waals surface area contributed by atoms with Crippen LogP contribution in [0.2, 0.25) is 0 Å². The lowest BCUT2D eigenvalue weighted by atomic mass is 10.1. The molecule has 0 aliphatic heterocycles. The minimum Gasteiger partial charge on any atom is -0.461 e. The summed E-state index contributed by atoms with van der Waals surface area (Å²) >= 11 is 0. The van der Waals surface area contributed by atoms with E-state index in [0.717, 1.165) is 18.0 Å². The smallest absolute Gasteiger partial charge is 0.356 e. The highest BCUT2D eigenvalue weighted by Gasteiger charge is 2.24. The van der Waals surface area contributed by atoms with Crippen molar-refractivity contribution >= 4 is 23.7 Å². The van der Waals surface area contributed by atoms with Gasteiger partial charge in [-0.2, -0.15) is 14.5 Å². The lowest BCUT2D eigenvalue weighted by Crippen LogP contribution is -2.04.